The molecule has 8 heteroatoms. The highest BCUT2D eigenvalue weighted by molar-refractivity contribution is 5.98. The third-order valence-electron chi connectivity index (χ3n) is 4.44. The van der Waals surface area contributed by atoms with Gasteiger partial charge in [0.15, 0.2) is 12.2 Å². The van der Waals surface area contributed by atoms with Crippen LogP contribution in [-0.2, 0) is 20.7 Å². The molecule has 0 N–H and O–H groups in total. The van der Waals surface area contributed by atoms with Crippen LogP contribution < -0.4 is 0 Å². The first kappa shape index (κ1) is 14.7. The van der Waals surface area contributed by atoms with E-state index in [0.717, 1.165) is 10.3 Å². The minimum absolute atomic E-state index is 0.100. The highest BCUT2D eigenvalue weighted by Crippen LogP contribution is 2.22. The molecule has 2 fully saturated rings. The number of fused-ring (bicyclic) bond motifs is 1. The van der Waals surface area contributed by atoms with Gasteiger partial charge in [-0.3, -0.25) is 9.59 Å². The summed E-state index contributed by atoms with van der Waals surface area (Å²) in [7, 11) is 0. The summed E-state index contributed by atoms with van der Waals surface area (Å²) in [6, 6.07) is 7.05. The number of imide groups is 1. The monoisotopic (exact) mass is 329 g/mol. The molecule has 2 aliphatic heterocycles. The van der Waals surface area contributed by atoms with E-state index >= 15 is 0 Å². The number of aromatic nitrogens is 1. The molecule has 0 saturated carbocycles. The predicted octanol–water partition coefficient (Wildman–Crippen LogP) is 0.950. The van der Waals surface area contributed by atoms with Crippen LogP contribution in [0, 0.1) is 0 Å². The summed E-state index contributed by atoms with van der Waals surface area (Å²) >= 11 is 0. The Morgan fingerprint density at radius 2 is 2.12 bits per heavy atom. The van der Waals surface area contributed by atoms with Gasteiger partial charge in [0.05, 0.1) is 12.5 Å². The zero-order chi connectivity index (χ0) is 16.7. The molecular weight excluding hydrogens is 314 g/mol. The van der Waals surface area contributed by atoms with Gasteiger partial charge in [0, 0.05) is 18.5 Å². The number of ether oxygens (including phenoxy) is 1. The number of likely N-dealkylation sites (tertiary alicyclic amines) is 1. The third kappa shape index (κ3) is 2.40. The maximum atomic E-state index is 12.5. The van der Waals surface area contributed by atoms with Crippen molar-refractivity contribution in [1.82, 2.24) is 15.0 Å². The maximum absolute atomic E-state index is 12.5. The summed E-state index contributed by atoms with van der Waals surface area (Å²) in [5.74, 6) is -0.446. The van der Waals surface area contributed by atoms with Gasteiger partial charge in [0.25, 0.3) is 5.91 Å². The van der Waals surface area contributed by atoms with E-state index in [1.807, 2.05) is 18.2 Å². The average Bonchev–Trinajstić information content (AvgIpc) is 3.28. The zero-order valence-electron chi connectivity index (χ0n) is 12.8. The van der Waals surface area contributed by atoms with E-state index in [4.69, 9.17) is 9.26 Å². The number of para-hydroxylation sites is 1. The Kier molecular flexibility index (Phi) is 3.44. The molecule has 4 rings (SSSR count). The van der Waals surface area contributed by atoms with E-state index in [0.29, 0.717) is 30.8 Å². The Hall–Kier alpha value is -2.90. The summed E-state index contributed by atoms with van der Waals surface area (Å²) in [4.78, 5) is 38.6. The summed E-state index contributed by atoms with van der Waals surface area (Å²) in [6.07, 6.45) is 0.0654. The largest absolute Gasteiger partial charge is 0.439 e. The lowest BCUT2D eigenvalue weighted by atomic mass is 10.1. The summed E-state index contributed by atoms with van der Waals surface area (Å²) in [6.45, 7) is 0.611. The minimum Gasteiger partial charge on any atom is -0.439 e. The molecule has 1 atom stereocenters. The second-order valence-corrected chi connectivity index (χ2v) is 5.90. The number of hydrogen-bond donors (Lipinski definition) is 0. The minimum atomic E-state index is -0.623. The first-order valence-corrected chi connectivity index (χ1v) is 7.73. The van der Waals surface area contributed by atoms with Crippen molar-refractivity contribution in [1.29, 1.82) is 0 Å². The Morgan fingerprint density at radius 1 is 1.29 bits per heavy atom. The van der Waals surface area contributed by atoms with Crippen LogP contribution in [0.15, 0.2) is 28.8 Å². The molecule has 0 spiro atoms. The molecule has 0 radical (unpaired) electrons. The molecule has 0 aliphatic carbocycles. The second kappa shape index (κ2) is 5.63. The van der Waals surface area contributed by atoms with Crippen LogP contribution >= 0.6 is 0 Å². The van der Waals surface area contributed by atoms with Crippen LogP contribution in [0.2, 0.25) is 0 Å². The van der Waals surface area contributed by atoms with E-state index in [1.54, 1.807) is 11.0 Å². The van der Waals surface area contributed by atoms with Gasteiger partial charge in [-0.1, -0.05) is 17.3 Å². The number of carbonyl (C=O) groups is 3. The Balaban J connectivity index is 1.44. The fraction of sp³-hybridized carbons (Fsp3) is 0.375. The van der Waals surface area contributed by atoms with E-state index in [-0.39, 0.29) is 30.9 Å². The first-order chi connectivity index (χ1) is 11.6. The second-order valence-electron chi connectivity index (χ2n) is 5.90. The number of benzene rings is 1. The van der Waals surface area contributed by atoms with Crippen LogP contribution in [0.3, 0.4) is 0 Å². The maximum Gasteiger partial charge on any atom is 0.417 e. The number of amides is 3. The summed E-state index contributed by atoms with van der Waals surface area (Å²) in [5, 5.41) is 4.79. The van der Waals surface area contributed by atoms with Crippen molar-refractivity contribution in [3.63, 3.8) is 0 Å². The molecular formula is C16H15N3O5. The molecule has 1 unspecified atom stereocenters. The molecule has 2 saturated heterocycles. The molecule has 124 valence electrons. The van der Waals surface area contributed by atoms with Gasteiger partial charge in [-0.25, -0.2) is 9.69 Å². The van der Waals surface area contributed by atoms with Crippen molar-refractivity contribution in [2.75, 3.05) is 19.7 Å². The Bertz CT molecular complexity index is 814. The lowest BCUT2D eigenvalue weighted by molar-refractivity contribution is -0.131. The molecule has 2 aliphatic rings. The average molecular weight is 329 g/mol. The molecule has 0 bridgehead atoms. The molecule has 8 nitrogen and oxygen atoms in total. The predicted molar refractivity (Wildman–Crippen MR) is 80.9 cm³/mol. The van der Waals surface area contributed by atoms with Gasteiger partial charge in [0.1, 0.15) is 5.69 Å². The smallest absolute Gasteiger partial charge is 0.417 e. The van der Waals surface area contributed by atoms with E-state index < -0.39 is 6.09 Å². The Labute approximate surface area is 136 Å². The number of hydrogen-bond acceptors (Lipinski definition) is 6. The van der Waals surface area contributed by atoms with Gasteiger partial charge in [-0.05, 0) is 18.6 Å². The zero-order valence-corrected chi connectivity index (χ0v) is 12.8. The molecule has 3 heterocycles. The van der Waals surface area contributed by atoms with Crippen LogP contribution in [0.1, 0.15) is 12.1 Å². The Morgan fingerprint density at radius 3 is 2.92 bits per heavy atom. The van der Waals surface area contributed by atoms with E-state index in [9.17, 15) is 14.4 Å². The van der Waals surface area contributed by atoms with Gasteiger partial charge in [-0.15, -0.1) is 0 Å². The van der Waals surface area contributed by atoms with Crippen molar-refractivity contribution >= 4 is 28.9 Å². The van der Waals surface area contributed by atoms with Crippen molar-refractivity contribution in [3.8, 4) is 0 Å². The van der Waals surface area contributed by atoms with E-state index in [2.05, 4.69) is 5.16 Å². The van der Waals surface area contributed by atoms with Crippen LogP contribution in [-0.4, -0.2) is 58.6 Å². The quantitative estimate of drug-likeness (QED) is 0.832. The highest BCUT2D eigenvalue weighted by atomic mass is 16.6. The normalized spacial score (nSPS) is 20.9. The number of carbonyl (C=O) groups excluding carboxylic acids is 3. The van der Waals surface area contributed by atoms with Crippen molar-refractivity contribution in [2.24, 2.45) is 0 Å². The summed E-state index contributed by atoms with van der Waals surface area (Å²) in [5.41, 5.74) is 1.24. The van der Waals surface area contributed by atoms with Gasteiger partial charge in [0.2, 0.25) is 5.91 Å². The van der Waals surface area contributed by atoms with Gasteiger partial charge < -0.3 is 14.2 Å². The first-order valence-electron chi connectivity index (χ1n) is 7.73. The molecule has 1 aromatic heterocycles. The van der Waals surface area contributed by atoms with Crippen LogP contribution in [0.5, 0.6) is 0 Å². The fourth-order valence-corrected chi connectivity index (χ4v) is 3.22. The SMILES string of the molecule is O=C(Cc1noc2ccccc12)N1CCC(N2C(=O)COC2=O)C1. The standard InChI is InChI=1S/C16H15N3O5/c20-14(7-12-11-3-1-2-4-13(11)24-17-12)18-6-5-10(8-18)19-15(21)9-23-16(19)22/h1-4,10H,5-9H2. The van der Waals surface area contributed by atoms with E-state index in [1.165, 1.54) is 0 Å². The molecule has 2 aromatic rings. The number of nitrogens with zero attached hydrogens (tertiary/aromatic N) is 3. The fourth-order valence-electron chi connectivity index (χ4n) is 3.22. The number of cyclic esters (lactones) is 1. The van der Waals surface area contributed by atoms with Crippen LogP contribution in [0.25, 0.3) is 11.0 Å². The van der Waals surface area contributed by atoms with Crippen molar-refractivity contribution in [3.05, 3.63) is 30.0 Å². The molecule has 24 heavy (non-hydrogen) atoms. The third-order valence-corrected chi connectivity index (χ3v) is 4.44. The van der Waals surface area contributed by atoms with Gasteiger partial charge in [-0.2, -0.15) is 0 Å². The topological polar surface area (TPSA) is 93.0 Å². The summed E-state index contributed by atoms with van der Waals surface area (Å²) < 4.78 is 9.94. The van der Waals surface area contributed by atoms with Crippen molar-refractivity contribution in [2.45, 2.75) is 18.9 Å². The van der Waals surface area contributed by atoms with Crippen LogP contribution in [0.4, 0.5) is 4.79 Å². The highest BCUT2D eigenvalue weighted by Gasteiger charge is 2.41. The van der Waals surface area contributed by atoms with Gasteiger partial charge >= 0.3 is 6.09 Å². The lowest BCUT2D eigenvalue weighted by Crippen LogP contribution is -2.42. The lowest BCUT2D eigenvalue weighted by Gasteiger charge is -2.20. The van der Waals surface area contributed by atoms with Crippen molar-refractivity contribution < 1.29 is 23.6 Å². The molecule has 1 aromatic carbocycles. The number of rotatable bonds is 3. The molecule has 3 amide bonds.